The molecule has 1 aromatic carbocycles. The van der Waals surface area contributed by atoms with Crippen molar-refractivity contribution < 1.29 is 17.9 Å². The third-order valence-corrected chi connectivity index (χ3v) is 5.29. The third-order valence-electron chi connectivity index (χ3n) is 5.29. The van der Waals surface area contributed by atoms with E-state index in [2.05, 4.69) is 19.6 Å². The van der Waals surface area contributed by atoms with Crippen LogP contribution < -0.4 is 4.74 Å². The Morgan fingerprint density at radius 2 is 1.86 bits per heavy atom. The average molecular weight is 390 g/mol. The number of hydrogen-bond donors (Lipinski definition) is 0. The van der Waals surface area contributed by atoms with Crippen LogP contribution in [-0.2, 0) is 13.6 Å². The first-order valence-corrected chi connectivity index (χ1v) is 9.24. The minimum Gasteiger partial charge on any atom is -0.405 e. The Morgan fingerprint density at radius 3 is 2.57 bits per heavy atom. The topological polar surface area (TPSA) is 43.2 Å². The number of imidazole rings is 1. The lowest BCUT2D eigenvalue weighted by atomic mass is 9.89. The van der Waals surface area contributed by atoms with Gasteiger partial charge in [-0.15, -0.1) is 13.2 Å². The van der Waals surface area contributed by atoms with Crippen LogP contribution in [-0.4, -0.2) is 38.9 Å². The maximum atomic E-state index is 12.7. The molecule has 1 aliphatic rings. The molecule has 0 unspecified atom stereocenters. The zero-order valence-corrected chi connectivity index (χ0v) is 15.5. The number of pyridine rings is 1. The fourth-order valence-electron chi connectivity index (χ4n) is 3.85. The number of nitrogens with zero attached hydrogens (tertiary/aromatic N) is 4. The van der Waals surface area contributed by atoms with Crippen molar-refractivity contribution in [1.82, 2.24) is 19.4 Å². The van der Waals surface area contributed by atoms with E-state index in [1.54, 1.807) is 24.4 Å². The van der Waals surface area contributed by atoms with E-state index in [1.807, 2.05) is 23.7 Å². The minimum absolute atomic E-state index is 0.0527. The van der Waals surface area contributed by atoms with Crippen molar-refractivity contribution in [3.63, 3.8) is 0 Å². The summed E-state index contributed by atoms with van der Waals surface area (Å²) >= 11 is 0. The van der Waals surface area contributed by atoms with Gasteiger partial charge in [-0.1, -0.05) is 18.2 Å². The number of aryl methyl sites for hydroxylation is 1. The molecule has 0 spiro atoms. The second-order valence-corrected chi connectivity index (χ2v) is 7.07. The van der Waals surface area contributed by atoms with Crippen molar-refractivity contribution in [2.75, 3.05) is 13.1 Å². The molecular weight excluding hydrogens is 369 g/mol. The molecule has 8 heteroatoms. The minimum atomic E-state index is -4.68. The number of likely N-dealkylation sites (tertiary alicyclic amines) is 1. The first-order chi connectivity index (χ1) is 13.4. The van der Waals surface area contributed by atoms with Crippen LogP contribution in [0, 0.1) is 0 Å². The lowest BCUT2D eigenvalue weighted by molar-refractivity contribution is -0.275. The molecule has 2 aromatic heterocycles. The maximum Gasteiger partial charge on any atom is 0.573 e. The lowest BCUT2D eigenvalue weighted by Crippen LogP contribution is -2.33. The van der Waals surface area contributed by atoms with E-state index in [1.165, 1.54) is 6.07 Å². The quantitative estimate of drug-likeness (QED) is 0.668. The standard InChI is InChI=1S/C20H21F3N4O/c1-26-16-6-4-10-24-19(16)25-18(26)13-27-11-8-14(9-12-27)15-5-2-3-7-17(15)28-20(21,22)23/h2-7,10,14H,8-9,11-13H2,1H3. The summed E-state index contributed by atoms with van der Waals surface area (Å²) in [5.74, 6) is 0.903. The molecule has 0 saturated carbocycles. The van der Waals surface area contributed by atoms with Gasteiger partial charge in [0.05, 0.1) is 12.1 Å². The Morgan fingerprint density at radius 1 is 1.11 bits per heavy atom. The molecule has 4 rings (SSSR count). The van der Waals surface area contributed by atoms with Crippen LogP contribution in [0.2, 0.25) is 0 Å². The summed E-state index contributed by atoms with van der Waals surface area (Å²) in [7, 11) is 1.98. The summed E-state index contributed by atoms with van der Waals surface area (Å²) in [4.78, 5) is 11.2. The van der Waals surface area contributed by atoms with Gasteiger partial charge in [-0.25, -0.2) is 9.97 Å². The van der Waals surface area contributed by atoms with Crippen LogP contribution >= 0.6 is 0 Å². The smallest absolute Gasteiger partial charge is 0.405 e. The van der Waals surface area contributed by atoms with E-state index in [4.69, 9.17) is 0 Å². The highest BCUT2D eigenvalue weighted by Crippen LogP contribution is 2.36. The molecular formula is C20H21F3N4O. The summed E-state index contributed by atoms with van der Waals surface area (Å²) in [6.07, 6.45) is -1.39. The fourth-order valence-corrected chi connectivity index (χ4v) is 3.85. The highest BCUT2D eigenvalue weighted by molar-refractivity contribution is 5.71. The number of aromatic nitrogens is 3. The first-order valence-electron chi connectivity index (χ1n) is 9.24. The van der Waals surface area contributed by atoms with Crippen molar-refractivity contribution in [3.8, 4) is 5.75 Å². The molecule has 5 nitrogen and oxygen atoms in total. The average Bonchev–Trinajstić information content (AvgIpc) is 2.98. The molecule has 1 aliphatic heterocycles. The lowest BCUT2D eigenvalue weighted by Gasteiger charge is -2.32. The van der Waals surface area contributed by atoms with Crippen molar-refractivity contribution >= 4 is 11.2 Å². The van der Waals surface area contributed by atoms with Gasteiger partial charge in [-0.2, -0.15) is 0 Å². The predicted octanol–water partition coefficient (Wildman–Crippen LogP) is 4.25. The Labute approximate surface area is 160 Å². The number of hydrogen-bond acceptors (Lipinski definition) is 4. The van der Waals surface area contributed by atoms with E-state index in [9.17, 15) is 13.2 Å². The van der Waals surface area contributed by atoms with Crippen molar-refractivity contribution in [3.05, 3.63) is 54.0 Å². The Kier molecular flexibility index (Phi) is 4.97. The van der Waals surface area contributed by atoms with E-state index in [0.717, 1.165) is 42.9 Å². The van der Waals surface area contributed by atoms with Gasteiger partial charge in [0.1, 0.15) is 11.6 Å². The van der Waals surface area contributed by atoms with E-state index in [0.29, 0.717) is 12.1 Å². The zero-order chi connectivity index (χ0) is 19.7. The molecule has 0 aliphatic carbocycles. The molecule has 0 atom stereocenters. The molecule has 0 radical (unpaired) electrons. The summed E-state index contributed by atoms with van der Waals surface area (Å²) < 4.78 is 44.3. The number of ether oxygens (including phenoxy) is 1. The van der Waals surface area contributed by atoms with Gasteiger partial charge in [0.15, 0.2) is 5.65 Å². The van der Waals surface area contributed by atoms with Crippen LogP contribution in [0.1, 0.15) is 30.1 Å². The van der Waals surface area contributed by atoms with Gasteiger partial charge >= 0.3 is 6.36 Å². The summed E-state index contributed by atoms with van der Waals surface area (Å²) in [5, 5.41) is 0. The second kappa shape index (κ2) is 7.43. The number of rotatable bonds is 4. The largest absolute Gasteiger partial charge is 0.573 e. The molecule has 3 heterocycles. The van der Waals surface area contributed by atoms with E-state index in [-0.39, 0.29) is 11.7 Å². The number of fused-ring (bicyclic) bond motifs is 1. The Hall–Kier alpha value is -2.61. The molecule has 0 bridgehead atoms. The monoisotopic (exact) mass is 390 g/mol. The Bertz CT molecular complexity index is 961. The number of halogens is 3. The van der Waals surface area contributed by atoms with Gasteiger partial charge in [0, 0.05) is 13.2 Å². The Balaban J connectivity index is 1.43. The molecule has 148 valence electrons. The predicted molar refractivity (Wildman–Crippen MR) is 98.9 cm³/mol. The van der Waals surface area contributed by atoms with Gasteiger partial charge in [0.25, 0.3) is 0 Å². The SMILES string of the molecule is Cn1c(CN2CCC(c3ccccc3OC(F)(F)F)CC2)nc2ncccc21. The molecule has 0 amide bonds. The summed E-state index contributed by atoms with van der Waals surface area (Å²) in [6.45, 7) is 2.28. The number of piperidine rings is 1. The van der Waals surface area contributed by atoms with Crippen molar-refractivity contribution in [2.45, 2.75) is 31.7 Å². The molecule has 1 saturated heterocycles. The highest BCUT2D eigenvalue weighted by atomic mass is 19.4. The third kappa shape index (κ3) is 3.96. The number of para-hydroxylation sites is 1. The number of benzene rings is 1. The van der Waals surface area contributed by atoms with Crippen LogP contribution in [0.4, 0.5) is 13.2 Å². The first kappa shape index (κ1) is 18.7. The van der Waals surface area contributed by atoms with Crippen LogP contribution in [0.15, 0.2) is 42.6 Å². The van der Waals surface area contributed by atoms with Crippen molar-refractivity contribution in [1.29, 1.82) is 0 Å². The maximum absolute atomic E-state index is 12.7. The molecule has 1 fully saturated rings. The van der Waals surface area contributed by atoms with E-state index >= 15 is 0 Å². The van der Waals surface area contributed by atoms with E-state index < -0.39 is 6.36 Å². The van der Waals surface area contributed by atoms with Crippen molar-refractivity contribution in [2.24, 2.45) is 7.05 Å². The fraction of sp³-hybridized carbons (Fsp3) is 0.400. The van der Waals surface area contributed by atoms with Crippen LogP contribution in [0.5, 0.6) is 5.75 Å². The molecule has 0 N–H and O–H groups in total. The normalized spacial score (nSPS) is 16.6. The van der Waals surface area contributed by atoms with Crippen LogP contribution in [0.3, 0.4) is 0 Å². The summed E-state index contributed by atoms with van der Waals surface area (Å²) in [6, 6.07) is 10.3. The van der Waals surface area contributed by atoms with Gasteiger partial charge < -0.3 is 9.30 Å². The molecule has 3 aromatic rings. The van der Waals surface area contributed by atoms with Gasteiger partial charge in [-0.3, -0.25) is 4.90 Å². The summed E-state index contributed by atoms with van der Waals surface area (Å²) in [5.41, 5.74) is 2.35. The highest BCUT2D eigenvalue weighted by Gasteiger charge is 2.33. The van der Waals surface area contributed by atoms with Gasteiger partial charge in [0.2, 0.25) is 0 Å². The zero-order valence-electron chi connectivity index (χ0n) is 15.5. The van der Waals surface area contributed by atoms with Gasteiger partial charge in [-0.05, 0) is 55.6 Å². The molecule has 28 heavy (non-hydrogen) atoms. The number of alkyl halides is 3. The van der Waals surface area contributed by atoms with Crippen LogP contribution in [0.25, 0.3) is 11.2 Å². The second-order valence-electron chi connectivity index (χ2n) is 7.07.